The number of nitro groups is 1. The van der Waals surface area contributed by atoms with Crippen LogP contribution in [-0.2, 0) is 9.53 Å². The van der Waals surface area contributed by atoms with Crippen LogP contribution in [0.4, 0.5) is 4.39 Å². The molecule has 0 amide bonds. The number of esters is 1. The van der Waals surface area contributed by atoms with E-state index in [4.69, 9.17) is 4.74 Å². The number of ether oxygens (including phenoxy) is 1. The van der Waals surface area contributed by atoms with E-state index in [0.29, 0.717) is 11.1 Å². The van der Waals surface area contributed by atoms with Gasteiger partial charge < -0.3 is 4.74 Å². The summed E-state index contributed by atoms with van der Waals surface area (Å²) in [6.07, 6.45) is 0. The normalized spacial score (nSPS) is 25.5. The maximum absolute atomic E-state index is 13.3. The van der Waals surface area contributed by atoms with Crippen molar-refractivity contribution in [1.29, 1.82) is 0 Å². The standard InChI is InChI=1S/C18H17FN2O4/c1-25-18(22)16-14(11-7-9-13(19)10-8-11)17(21(23)24)15(20-16)12-5-3-2-4-6-12/h2-10,14-17,20H,1H3/t14-,15-,16-,17+/m0/s1. The number of benzene rings is 2. The molecule has 1 saturated heterocycles. The average molecular weight is 344 g/mol. The van der Waals surface area contributed by atoms with Gasteiger partial charge in [-0.05, 0) is 23.3 Å². The van der Waals surface area contributed by atoms with Gasteiger partial charge in [0.05, 0.1) is 13.0 Å². The van der Waals surface area contributed by atoms with Gasteiger partial charge in [-0.2, -0.15) is 0 Å². The van der Waals surface area contributed by atoms with Gasteiger partial charge in [-0.1, -0.05) is 42.5 Å². The first-order valence-corrected chi connectivity index (χ1v) is 7.80. The SMILES string of the molecule is COC(=O)[C@H]1N[C@@H](c2ccccc2)[C@H]([N+](=O)[O-])[C@H]1c1ccc(F)cc1. The molecule has 0 aromatic heterocycles. The zero-order valence-electron chi connectivity index (χ0n) is 13.5. The highest BCUT2D eigenvalue weighted by Crippen LogP contribution is 2.40. The minimum absolute atomic E-state index is 0.387. The fraction of sp³-hybridized carbons (Fsp3) is 0.278. The van der Waals surface area contributed by atoms with Gasteiger partial charge in [0.25, 0.3) is 0 Å². The zero-order chi connectivity index (χ0) is 18.0. The maximum atomic E-state index is 13.3. The van der Waals surface area contributed by atoms with Crippen LogP contribution in [0, 0.1) is 15.9 Å². The van der Waals surface area contributed by atoms with Crippen LogP contribution in [-0.4, -0.2) is 30.1 Å². The first kappa shape index (κ1) is 17.0. The lowest BCUT2D eigenvalue weighted by molar-refractivity contribution is -0.527. The molecular weight excluding hydrogens is 327 g/mol. The van der Waals surface area contributed by atoms with Gasteiger partial charge in [-0.3, -0.25) is 20.2 Å². The minimum Gasteiger partial charge on any atom is -0.468 e. The van der Waals surface area contributed by atoms with Crippen molar-refractivity contribution in [2.45, 2.75) is 24.0 Å². The van der Waals surface area contributed by atoms with E-state index in [0.717, 1.165) is 0 Å². The predicted molar refractivity (Wildman–Crippen MR) is 88.0 cm³/mol. The van der Waals surface area contributed by atoms with Crippen molar-refractivity contribution in [3.8, 4) is 0 Å². The molecule has 7 heteroatoms. The van der Waals surface area contributed by atoms with E-state index < -0.39 is 35.8 Å². The second-order valence-electron chi connectivity index (χ2n) is 5.91. The van der Waals surface area contributed by atoms with Crippen LogP contribution in [0.25, 0.3) is 0 Å². The van der Waals surface area contributed by atoms with Gasteiger partial charge in [0, 0.05) is 4.92 Å². The molecule has 0 saturated carbocycles. The van der Waals surface area contributed by atoms with Gasteiger partial charge in [0.1, 0.15) is 17.9 Å². The number of nitrogens with zero attached hydrogens (tertiary/aromatic N) is 1. The Morgan fingerprint density at radius 1 is 1.12 bits per heavy atom. The molecule has 1 aliphatic heterocycles. The monoisotopic (exact) mass is 344 g/mol. The Kier molecular flexibility index (Phi) is 4.76. The number of carbonyl (C=O) groups is 1. The van der Waals surface area contributed by atoms with Gasteiger partial charge >= 0.3 is 5.97 Å². The predicted octanol–water partition coefficient (Wildman–Crippen LogP) is 2.44. The summed E-state index contributed by atoms with van der Waals surface area (Å²) in [4.78, 5) is 23.7. The molecule has 1 heterocycles. The fourth-order valence-corrected chi connectivity index (χ4v) is 3.42. The first-order valence-electron chi connectivity index (χ1n) is 7.80. The van der Waals surface area contributed by atoms with E-state index in [1.807, 2.05) is 6.07 Å². The summed E-state index contributed by atoms with van der Waals surface area (Å²) in [7, 11) is 1.24. The van der Waals surface area contributed by atoms with Crippen molar-refractivity contribution in [2.24, 2.45) is 0 Å². The first-order chi connectivity index (χ1) is 12.0. The van der Waals surface area contributed by atoms with Crippen molar-refractivity contribution < 1.29 is 18.8 Å². The van der Waals surface area contributed by atoms with Gasteiger partial charge in [0.15, 0.2) is 0 Å². The molecule has 0 aliphatic carbocycles. The third-order valence-electron chi connectivity index (χ3n) is 4.54. The molecule has 1 N–H and O–H groups in total. The van der Waals surface area contributed by atoms with Crippen molar-refractivity contribution in [2.75, 3.05) is 7.11 Å². The Bertz CT molecular complexity index is 766. The molecule has 1 fully saturated rings. The maximum Gasteiger partial charge on any atom is 0.323 e. The Morgan fingerprint density at radius 3 is 2.32 bits per heavy atom. The van der Waals surface area contributed by atoms with Gasteiger partial charge in [-0.15, -0.1) is 0 Å². The molecule has 25 heavy (non-hydrogen) atoms. The molecule has 0 spiro atoms. The van der Waals surface area contributed by atoms with Crippen LogP contribution in [0.15, 0.2) is 54.6 Å². The molecule has 0 radical (unpaired) electrons. The lowest BCUT2D eigenvalue weighted by Crippen LogP contribution is -2.37. The highest BCUT2D eigenvalue weighted by Gasteiger charge is 2.54. The van der Waals surface area contributed by atoms with E-state index in [1.54, 1.807) is 24.3 Å². The van der Waals surface area contributed by atoms with E-state index in [2.05, 4.69) is 5.32 Å². The number of nitrogens with one attached hydrogen (secondary N) is 1. The second-order valence-corrected chi connectivity index (χ2v) is 5.91. The van der Waals surface area contributed by atoms with E-state index in [-0.39, 0.29) is 4.92 Å². The van der Waals surface area contributed by atoms with E-state index >= 15 is 0 Å². The number of methoxy groups -OCH3 is 1. The Morgan fingerprint density at radius 2 is 1.76 bits per heavy atom. The number of carbonyl (C=O) groups excluding carboxylic acids is 1. The summed E-state index contributed by atoms with van der Waals surface area (Å²) >= 11 is 0. The third kappa shape index (κ3) is 3.23. The Hall–Kier alpha value is -2.80. The van der Waals surface area contributed by atoms with Crippen LogP contribution >= 0.6 is 0 Å². The largest absolute Gasteiger partial charge is 0.468 e. The van der Waals surface area contributed by atoms with Crippen LogP contribution < -0.4 is 5.32 Å². The topological polar surface area (TPSA) is 81.5 Å². The van der Waals surface area contributed by atoms with Crippen molar-refractivity contribution in [3.05, 3.63) is 81.7 Å². The Balaban J connectivity index is 2.08. The molecule has 6 nitrogen and oxygen atoms in total. The fourth-order valence-electron chi connectivity index (χ4n) is 3.42. The van der Waals surface area contributed by atoms with Crippen LogP contribution in [0.1, 0.15) is 23.1 Å². The van der Waals surface area contributed by atoms with Crippen LogP contribution in [0.5, 0.6) is 0 Å². The van der Waals surface area contributed by atoms with Gasteiger partial charge in [0.2, 0.25) is 6.04 Å². The van der Waals surface area contributed by atoms with Crippen LogP contribution in [0.2, 0.25) is 0 Å². The average Bonchev–Trinajstić information content (AvgIpc) is 3.03. The third-order valence-corrected chi connectivity index (χ3v) is 4.54. The lowest BCUT2D eigenvalue weighted by atomic mass is 9.85. The highest BCUT2D eigenvalue weighted by molar-refractivity contribution is 5.78. The molecule has 130 valence electrons. The molecule has 2 aromatic carbocycles. The van der Waals surface area contributed by atoms with Crippen molar-refractivity contribution in [3.63, 3.8) is 0 Å². The number of hydrogen-bond acceptors (Lipinski definition) is 5. The quantitative estimate of drug-likeness (QED) is 0.523. The summed E-state index contributed by atoms with van der Waals surface area (Å²) < 4.78 is 18.1. The number of rotatable bonds is 4. The molecule has 1 aliphatic rings. The van der Waals surface area contributed by atoms with E-state index in [1.165, 1.54) is 31.4 Å². The summed E-state index contributed by atoms with van der Waals surface area (Å²) in [6.45, 7) is 0. The highest BCUT2D eigenvalue weighted by atomic mass is 19.1. The minimum atomic E-state index is -1.09. The zero-order valence-corrected chi connectivity index (χ0v) is 13.5. The summed E-state index contributed by atoms with van der Waals surface area (Å²) in [5.41, 5.74) is 1.23. The molecule has 4 atom stereocenters. The molecular formula is C18H17FN2O4. The number of hydrogen-bond donors (Lipinski definition) is 1. The molecule has 0 unspecified atom stereocenters. The lowest BCUT2D eigenvalue weighted by Gasteiger charge is -2.19. The summed E-state index contributed by atoms with van der Waals surface area (Å²) in [5, 5.41) is 14.9. The molecule has 2 aromatic rings. The van der Waals surface area contributed by atoms with E-state index in [9.17, 15) is 19.3 Å². The number of halogens is 1. The van der Waals surface area contributed by atoms with Gasteiger partial charge in [-0.25, -0.2) is 4.39 Å². The smallest absolute Gasteiger partial charge is 0.323 e. The second kappa shape index (κ2) is 6.98. The Labute approximate surface area is 143 Å². The molecule has 0 bridgehead atoms. The van der Waals surface area contributed by atoms with Crippen molar-refractivity contribution in [1.82, 2.24) is 5.32 Å². The van der Waals surface area contributed by atoms with Crippen molar-refractivity contribution >= 4 is 5.97 Å². The van der Waals surface area contributed by atoms with Crippen LogP contribution in [0.3, 0.4) is 0 Å². The summed E-state index contributed by atoms with van der Waals surface area (Å²) in [6, 6.07) is 11.7. The molecule has 3 rings (SSSR count). The summed E-state index contributed by atoms with van der Waals surface area (Å²) in [5.74, 6) is -1.80.